The molecule has 0 aliphatic rings. The molecular weight excluding hydrogens is 350 g/mol. The van der Waals surface area contributed by atoms with Crippen molar-refractivity contribution >= 4 is 37.7 Å². The van der Waals surface area contributed by atoms with Crippen molar-refractivity contribution in [3.05, 3.63) is 75.8 Å². The molecule has 0 fully saturated rings. The number of aromatic nitrogens is 1. The van der Waals surface area contributed by atoms with Crippen LogP contribution in [0.15, 0.2) is 59.1 Å². The van der Waals surface area contributed by atoms with Gasteiger partial charge in [0.1, 0.15) is 5.75 Å². The summed E-state index contributed by atoms with van der Waals surface area (Å²) in [5.41, 5.74) is 5.66. The van der Waals surface area contributed by atoms with Crippen LogP contribution in [0, 0.1) is 6.92 Å². The number of phenols is 1. The van der Waals surface area contributed by atoms with Crippen LogP contribution in [-0.4, -0.2) is 10.1 Å². The fraction of sp³-hybridized carbons (Fsp3) is 0.100. The van der Waals surface area contributed by atoms with E-state index in [1.165, 1.54) is 16.7 Å². The van der Waals surface area contributed by atoms with Gasteiger partial charge in [-0.25, -0.2) is 0 Å². The van der Waals surface area contributed by atoms with Crippen molar-refractivity contribution in [3.63, 3.8) is 0 Å². The highest BCUT2D eigenvalue weighted by Gasteiger charge is 2.15. The van der Waals surface area contributed by atoms with Crippen molar-refractivity contribution in [2.45, 2.75) is 13.3 Å². The minimum absolute atomic E-state index is 0.300. The van der Waals surface area contributed by atoms with E-state index in [9.17, 15) is 5.11 Å². The van der Waals surface area contributed by atoms with Gasteiger partial charge in [0, 0.05) is 10.9 Å². The molecule has 2 nitrogen and oxygen atoms in total. The van der Waals surface area contributed by atoms with E-state index in [0.29, 0.717) is 5.75 Å². The van der Waals surface area contributed by atoms with Gasteiger partial charge in [-0.15, -0.1) is 0 Å². The first-order valence-corrected chi connectivity index (χ1v) is 8.39. The smallest absolute Gasteiger partial charge is 0.139 e. The van der Waals surface area contributed by atoms with Crippen LogP contribution >= 0.6 is 15.9 Å². The Hall–Kier alpha value is -2.26. The molecule has 114 valence electrons. The maximum Gasteiger partial charge on any atom is 0.139 e. The van der Waals surface area contributed by atoms with E-state index in [4.69, 9.17) is 0 Å². The molecule has 3 heteroatoms. The summed E-state index contributed by atoms with van der Waals surface area (Å²) in [7, 11) is 0. The van der Waals surface area contributed by atoms with Gasteiger partial charge in [0.05, 0.1) is 15.4 Å². The molecule has 4 aromatic rings. The third kappa shape index (κ3) is 2.41. The predicted octanol–water partition coefficient (Wildman–Crippen LogP) is 5.69. The number of aromatic amines is 1. The van der Waals surface area contributed by atoms with Crippen molar-refractivity contribution in [1.29, 1.82) is 0 Å². The topological polar surface area (TPSA) is 36.0 Å². The summed E-state index contributed by atoms with van der Waals surface area (Å²) in [6, 6.07) is 18.7. The Balaban J connectivity index is 2.01. The second kappa shape index (κ2) is 5.43. The van der Waals surface area contributed by atoms with Crippen molar-refractivity contribution < 1.29 is 5.11 Å². The highest BCUT2D eigenvalue weighted by molar-refractivity contribution is 9.10. The van der Waals surface area contributed by atoms with E-state index in [1.54, 1.807) is 0 Å². The van der Waals surface area contributed by atoms with Crippen molar-refractivity contribution in [3.8, 4) is 5.75 Å². The van der Waals surface area contributed by atoms with Crippen LogP contribution in [0.2, 0.25) is 0 Å². The number of halogens is 1. The Morgan fingerprint density at radius 3 is 2.61 bits per heavy atom. The summed E-state index contributed by atoms with van der Waals surface area (Å²) in [5.74, 6) is 0.300. The van der Waals surface area contributed by atoms with E-state index in [1.807, 2.05) is 12.1 Å². The number of benzene rings is 3. The normalized spacial score (nSPS) is 11.4. The number of fused-ring (bicyclic) bond motifs is 3. The van der Waals surface area contributed by atoms with Crippen molar-refractivity contribution in [1.82, 2.24) is 4.98 Å². The molecule has 0 saturated heterocycles. The monoisotopic (exact) mass is 365 g/mol. The average Bonchev–Trinajstić information content (AvgIpc) is 2.92. The van der Waals surface area contributed by atoms with E-state index in [2.05, 4.69) is 70.3 Å². The molecule has 0 radical (unpaired) electrons. The highest BCUT2D eigenvalue weighted by Crippen LogP contribution is 2.40. The first kappa shape index (κ1) is 14.3. The van der Waals surface area contributed by atoms with Crippen LogP contribution < -0.4 is 0 Å². The number of hydrogen-bond acceptors (Lipinski definition) is 1. The van der Waals surface area contributed by atoms with E-state index >= 15 is 0 Å². The third-order valence-electron chi connectivity index (χ3n) is 4.28. The Morgan fingerprint density at radius 1 is 1.04 bits per heavy atom. The summed E-state index contributed by atoms with van der Waals surface area (Å²) in [4.78, 5) is 3.48. The van der Waals surface area contributed by atoms with Gasteiger partial charge in [-0.05, 0) is 58.6 Å². The van der Waals surface area contributed by atoms with Gasteiger partial charge in [0.25, 0.3) is 0 Å². The zero-order chi connectivity index (χ0) is 16.0. The van der Waals surface area contributed by atoms with Crippen LogP contribution in [0.25, 0.3) is 21.8 Å². The first-order valence-electron chi connectivity index (χ1n) is 7.60. The highest BCUT2D eigenvalue weighted by atomic mass is 79.9. The van der Waals surface area contributed by atoms with E-state index in [0.717, 1.165) is 32.7 Å². The standard InChI is InChI=1S/C20H16BrNO/c1-12-7-8-17-15(9-12)18-19(22-17)14(11-16(21)20(18)23)10-13-5-3-2-4-6-13/h2-9,11,22-23H,10H2,1H3. The first-order chi connectivity index (χ1) is 11.1. The quantitative estimate of drug-likeness (QED) is 0.470. The molecule has 0 spiro atoms. The second-order valence-electron chi connectivity index (χ2n) is 5.95. The van der Waals surface area contributed by atoms with Gasteiger partial charge in [-0.2, -0.15) is 0 Å². The fourth-order valence-electron chi connectivity index (χ4n) is 3.16. The number of H-pyrrole nitrogens is 1. The average molecular weight is 366 g/mol. The molecule has 1 aromatic heterocycles. The maximum atomic E-state index is 10.6. The van der Waals surface area contributed by atoms with Gasteiger partial charge in [0.15, 0.2) is 0 Å². The molecule has 2 N–H and O–H groups in total. The van der Waals surface area contributed by atoms with Gasteiger partial charge >= 0.3 is 0 Å². The maximum absolute atomic E-state index is 10.6. The number of aryl methyl sites for hydroxylation is 1. The summed E-state index contributed by atoms with van der Waals surface area (Å²) >= 11 is 3.51. The van der Waals surface area contributed by atoms with Crippen LogP contribution in [0.3, 0.4) is 0 Å². The minimum atomic E-state index is 0.300. The summed E-state index contributed by atoms with van der Waals surface area (Å²) in [5, 5.41) is 12.5. The molecule has 3 aromatic carbocycles. The molecule has 0 unspecified atom stereocenters. The SMILES string of the molecule is Cc1ccc2[nH]c3c(Cc4ccccc4)cc(Br)c(O)c3c2c1. The van der Waals surface area contributed by atoms with E-state index in [-0.39, 0.29) is 0 Å². The number of phenolic OH excluding ortho intramolecular Hbond substituents is 1. The van der Waals surface area contributed by atoms with Crippen LogP contribution in [0.5, 0.6) is 5.75 Å². The van der Waals surface area contributed by atoms with Crippen LogP contribution in [-0.2, 0) is 6.42 Å². The molecular formula is C20H16BrNO. The fourth-order valence-corrected chi connectivity index (χ4v) is 3.64. The zero-order valence-electron chi connectivity index (χ0n) is 12.7. The molecule has 0 amide bonds. The number of rotatable bonds is 2. The number of hydrogen-bond donors (Lipinski definition) is 2. The molecule has 1 heterocycles. The zero-order valence-corrected chi connectivity index (χ0v) is 14.3. The summed E-state index contributed by atoms with van der Waals surface area (Å²) < 4.78 is 0.735. The predicted molar refractivity (Wildman–Crippen MR) is 99.2 cm³/mol. The second-order valence-corrected chi connectivity index (χ2v) is 6.81. The lowest BCUT2D eigenvalue weighted by molar-refractivity contribution is 0.478. The lowest BCUT2D eigenvalue weighted by Crippen LogP contribution is -1.90. The minimum Gasteiger partial charge on any atom is -0.506 e. The molecule has 0 atom stereocenters. The molecule has 4 rings (SSSR count). The Kier molecular flexibility index (Phi) is 3.38. The van der Waals surface area contributed by atoms with Crippen molar-refractivity contribution in [2.75, 3.05) is 0 Å². The van der Waals surface area contributed by atoms with Gasteiger partial charge in [-0.1, -0.05) is 42.0 Å². The van der Waals surface area contributed by atoms with Gasteiger partial charge < -0.3 is 10.1 Å². The van der Waals surface area contributed by atoms with Gasteiger partial charge in [-0.3, -0.25) is 0 Å². The molecule has 0 bridgehead atoms. The lowest BCUT2D eigenvalue weighted by Gasteiger charge is -2.08. The molecule has 0 saturated carbocycles. The number of aromatic hydroxyl groups is 1. The van der Waals surface area contributed by atoms with E-state index < -0.39 is 0 Å². The largest absolute Gasteiger partial charge is 0.506 e. The number of nitrogens with one attached hydrogen (secondary N) is 1. The van der Waals surface area contributed by atoms with Crippen LogP contribution in [0.1, 0.15) is 16.7 Å². The Labute approximate surface area is 142 Å². The Bertz CT molecular complexity index is 1020. The van der Waals surface area contributed by atoms with Crippen LogP contribution in [0.4, 0.5) is 0 Å². The molecule has 0 aliphatic heterocycles. The van der Waals surface area contributed by atoms with Crippen molar-refractivity contribution in [2.24, 2.45) is 0 Å². The summed E-state index contributed by atoms with van der Waals surface area (Å²) in [6.07, 6.45) is 0.821. The lowest BCUT2D eigenvalue weighted by atomic mass is 10.0. The molecule has 23 heavy (non-hydrogen) atoms. The van der Waals surface area contributed by atoms with Gasteiger partial charge in [0.2, 0.25) is 0 Å². The molecule has 0 aliphatic carbocycles. The Morgan fingerprint density at radius 2 is 1.83 bits per heavy atom. The third-order valence-corrected chi connectivity index (χ3v) is 4.88. The summed E-state index contributed by atoms with van der Waals surface area (Å²) in [6.45, 7) is 2.07.